The van der Waals surface area contributed by atoms with Crippen LogP contribution in [0, 0.1) is 0 Å². The summed E-state index contributed by atoms with van der Waals surface area (Å²) in [5.74, 6) is 0.817. The van der Waals surface area contributed by atoms with Crippen molar-refractivity contribution in [2.75, 3.05) is 20.2 Å². The number of urea groups is 1. The number of aliphatic hydroxyl groups excluding tert-OH is 1. The number of hydrogen-bond acceptors (Lipinski definition) is 3. The van der Waals surface area contributed by atoms with Crippen molar-refractivity contribution in [2.45, 2.75) is 18.9 Å². The summed E-state index contributed by atoms with van der Waals surface area (Å²) in [6.07, 6.45) is 0.663. The second-order valence-corrected chi connectivity index (χ2v) is 5.58. The first kappa shape index (κ1) is 17.8. The maximum Gasteiger partial charge on any atom is 0.314 e. The van der Waals surface area contributed by atoms with Gasteiger partial charge in [0.2, 0.25) is 0 Å². The molecule has 2 rings (SSSR count). The predicted octanol–water partition coefficient (Wildman–Crippen LogP) is 2.14. The number of ether oxygens (including phenoxy) is 1. The van der Waals surface area contributed by atoms with E-state index in [-0.39, 0.29) is 12.6 Å². The van der Waals surface area contributed by atoms with E-state index in [0.717, 1.165) is 23.3 Å². The monoisotopic (exact) mass is 328 g/mol. The molecule has 0 aromatic heterocycles. The molecule has 5 heteroatoms. The smallest absolute Gasteiger partial charge is 0.314 e. The quantitative estimate of drug-likeness (QED) is 0.695. The van der Waals surface area contributed by atoms with Gasteiger partial charge in [-0.2, -0.15) is 0 Å². The Labute approximate surface area is 142 Å². The fourth-order valence-electron chi connectivity index (χ4n) is 2.34. The van der Waals surface area contributed by atoms with Gasteiger partial charge in [-0.25, -0.2) is 4.79 Å². The molecule has 0 aliphatic carbocycles. The van der Waals surface area contributed by atoms with Gasteiger partial charge in [0.15, 0.2) is 0 Å². The lowest BCUT2D eigenvalue weighted by molar-refractivity contribution is 0.170. The van der Waals surface area contributed by atoms with Crippen LogP contribution in [0.4, 0.5) is 4.79 Å². The van der Waals surface area contributed by atoms with Gasteiger partial charge in [0, 0.05) is 19.5 Å². The van der Waals surface area contributed by atoms with Crippen molar-refractivity contribution < 1.29 is 14.6 Å². The van der Waals surface area contributed by atoms with E-state index in [1.165, 1.54) is 0 Å². The number of benzene rings is 2. The average Bonchev–Trinajstić information content (AvgIpc) is 2.61. The predicted molar refractivity (Wildman–Crippen MR) is 94.3 cm³/mol. The Bertz CT molecular complexity index is 614. The minimum absolute atomic E-state index is 0.225. The van der Waals surface area contributed by atoms with Crippen molar-refractivity contribution in [3.63, 3.8) is 0 Å². The van der Waals surface area contributed by atoms with E-state index >= 15 is 0 Å². The summed E-state index contributed by atoms with van der Waals surface area (Å²) in [7, 11) is 1.63. The third-order valence-corrected chi connectivity index (χ3v) is 3.67. The number of aliphatic hydroxyl groups is 1. The molecule has 0 radical (unpaired) electrons. The first-order valence-corrected chi connectivity index (χ1v) is 8.04. The first-order chi connectivity index (χ1) is 11.7. The standard InChI is InChI=1S/C19H24N2O3/c1-24-18-9-7-15(8-10-18)11-12-20-19(23)21-14-17(22)13-16-5-3-2-4-6-16/h2-10,17,22H,11-14H2,1H3,(H2,20,21,23)/t17-/m0/s1. The second kappa shape index (κ2) is 9.57. The summed E-state index contributed by atoms with van der Waals surface area (Å²) >= 11 is 0. The van der Waals surface area contributed by atoms with E-state index in [9.17, 15) is 9.90 Å². The van der Waals surface area contributed by atoms with E-state index in [2.05, 4.69) is 10.6 Å². The molecule has 2 aromatic carbocycles. The number of rotatable bonds is 8. The van der Waals surface area contributed by atoms with E-state index in [1.54, 1.807) is 7.11 Å². The lowest BCUT2D eigenvalue weighted by Gasteiger charge is -2.13. The Morgan fingerprint density at radius 3 is 2.42 bits per heavy atom. The van der Waals surface area contributed by atoms with Gasteiger partial charge in [-0.15, -0.1) is 0 Å². The molecule has 0 heterocycles. The van der Waals surface area contributed by atoms with Crippen LogP contribution in [0.1, 0.15) is 11.1 Å². The molecule has 2 amide bonds. The molecule has 0 aliphatic rings. The van der Waals surface area contributed by atoms with Crippen molar-refractivity contribution in [2.24, 2.45) is 0 Å². The van der Waals surface area contributed by atoms with Crippen molar-refractivity contribution in [3.8, 4) is 5.75 Å². The number of carbonyl (C=O) groups excluding carboxylic acids is 1. The van der Waals surface area contributed by atoms with Gasteiger partial charge in [-0.3, -0.25) is 0 Å². The van der Waals surface area contributed by atoms with Crippen LogP contribution in [0.3, 0.4) is 0 Å². The second-order valence-electron chi connectivity index (χ2n) is 5.58. The molecule has 1 atom stereocenters. The average molecular weight is 328 g/mol. The van der Waals surface area contributed by atoms with Crippen molar-refractivity contribution in [1.82, 2.24) is 10.6 Å². The molecule has 2 aromatic rings. The maximum absolute atomic E-state index is 11.7. The van der Waals surface area contributed by atoms with Crippen LogP contribution in [0.15, 0.2) is 54.6 Å². The lowest BCUT2D eigenvalue weighted by Crippen LogP contribution is -2.41. The number of methoxy groups -OCH3 is 1. The molecule has 5 nitrogen and oxygen atoms in total. The third kappa shape index (κ3) is 6.30. The lowest BCUT2D eigenvalue weighted by atomic mass is 10.1. The van der Waals surface area contributed by atoms with Crippen LogP contribution in [0.5, 0.6) is 5.75 Å². The van der Waals surface area contributed by atoms with Gasteiger partial charge in [0.25, 0.3) is 0 Å². The number of amides is 2. The molecular weight excluding hydrogens is 304 g/mol. The van der Waals surface area contributed by atoms with Gasteiger partial charge >= 0.3 is 6.03 Å². The van der Waals surface area contributed by atoms with Crippen LogP contribution in [0.25, 0.3) is 0 Å². The molecule has 0 saturated carbocycles. The molecule has 0 fully saturated rings. The van der Waals surface area contributed by atoms with E-state index < -0.39 is 6.10 Å². The highest BCUT2D eigenvalue weighted by atomic mass is 16.5. The maximum atomic E-state index is 11.7. The molecule has 3 N–H and O–H groups in total. The van der Waals surface area contributed by atoms with Gasteiger partial charge in [0.1, 0.15) is 5.75 Å². The summed E-state index contributed by atoms with van der Waals surface area (Å²) in [6.45, 7) is 0.760. The molecule has 0 aliphatic heterocycles. The minimum Gasteiger partial charge on any atom is -0.497 e. The molecular formula is C19H24N2O3. The summed E-state index contributed by atoms with van der Waals surface area (Å²) in [5, 5.41) is 15.4. The number of nitrogens with one attached hydrogen (secondary N) is 2. The topological polar surface area (TPSA) is 70.6 Å². The van der Waals surface area contributed by atoms with Crippen molar-refractivity contribution in [1.29, 1.82) is 0 Å². The van der Waals surface area contributed by atoms with Crippen molar-refractivity contribution >= 4 is 6.03 Å². The van der Waals surface area contributed by atoms with Crippen LogP contribution in [0.2, 0.25) is 0 Å². The summed E-state index contributed by atoms with van der Waals surface area (Å²) < 4.78 is 5.11. The van der Waals surface area contributed by atoms with Gasteiger partial charge in [0.05, 0.1) is 13.2 Å². The highest BCUT2D eigenvalue weighted by Crippen LogP contribution is 2.11. The van der Waals surface area contributed by atoms with E-state index in [4.69, 9.17) is 4.74 Å². The molecule has 24 heavy (non-hydrogen) atoms. The Morgan fingerprint density at radius 2 is 1.75 bits per heavy atom. The van der Waals surface area contributed by atoms with Crippen LogP contribution < -0.4 is 15.4 Å². The normalized spacial score (nSPS) is 11.6. The van der Waals surface area contributed by atoms with Crippen LogP contribution in [-0.4, -0.2) is 37.4 Å². The molecule has 128 valence electrons. The van der Waals surface area contributed by atoms with Gasteiger partial charge in [-0.05, 0) is 29.7 Å². The largest absolute Gasteiger partial charge is 0.497 e. The molecule has 0 unspecified atom stereocenters. The highest BCUT2D eigenvalue weighted by Gasteiger charge is 2.07. The SMILES string of the molecule is COc1ccc(CCNC(=O)NC[C@@H](O)Cc2ccccc2)cc1. The van der Waals surface area contributed by atoms with Gasteiger partial charge in [-0.1, -0.05) is 42.5 Å². The Kier molecular flexibility index (Phi) is 7.11. The zero-order valence-electron chi connectivity index (χ0n) is 13.9. The molecule has 0 saturated heterocycles. The fraction of sp³-hybridized carbons (Fsp3) is 0.316. The fourth-order valence-corrected chi connectivity index (χ4v) is 2.34. The van der Waals surface area contributed by atoms with Crippen molar-refractivity contribution in [3.05, 3.63) is 65.7 Å². The summed E-state index contributed by atoms with van der Waals surface area (Å²) in [4.78, 5) is 11.7. The van der Waals surface area contributed by atoms with Gasteiger partial charge < -0.3 is 20.5 Å². The van der Waals surface area contributed by atoms with E-state index in [0.29, 0.717) is 13.0 Å². The summed E-state index contributed by atoms with van der Waals surface area (Å²) in [6, 6.07) is 17.2. The highest BCUT2D eigenvalue weighted by molar-refractivity contribution is 5.73. The third-order valence-electron chi connectivity index (χ3n) is 3.67. The van der Waals surface area contributed by atoms with Crippen LogP contribution in [-0.2, 0) is 12.8 Å². The van der Waals surface area contributed by atoms with E-state index in [1.807, 2.05) is 54.6 Å². The number of carbonyl (C=O) groups is 1. The molecule has 0 bridgehead atoms. The first-order valence-electron chi connectivity index (χ1n) is 8.04. The Morgan fingerprint density at radius 1 is 1.04 bits per heavy atom. The zero-order chi connectivity index (χ0) is 17.2. The Hall–Kier alpha value is -2.53. The minimum atomic E-state index is -0.597. The molecule has 0 spiro atoms. The van der Waals surface area contributed by atoms with Crippen LogP contribution >= 0.6 is 0 Å². The summed E-state index contributed by atoms with van der Waals surface area (Å²) in [5.41, 5.74) is 2.17. The Balaban J connectivity index is 1.62. The zero-order valence-corrected chi connectivity index (χ0v) is 13.9. The number of hydrogen-bond donors (Lipinski definition) is 3.